The van der Waals surface area contributed by atoms with Crippen LogP contribution in [0, 0.1) is 0 Å². The number of rotatable bonds is 7. The number of anilines is 1. The molecule has 3 rings (SSSR count). The van der Waals surface area contributed by atoms with Crippen LogP contribution < -0.4 is 4.90 Å². The summed E-state index contributed by atoms with van der Waals surface area (Å²) in [6.07, 6.45) is 11.8. The minimum absolute atomic E-state index is 0.0849. The zero-order valence-corrected chi connectivity index (χ0v) is 18.6. The molecule has 1 aliphatic carbocycles. The molecular weight excluding hydrogens is 389 g/mol. The molecule has 152 valence electrons. The van der Waals surface area contributed by atoms with Crippen LogP contribution in [-0.2, 0) is 9.98 Å². The van der Waals surface area contributed by atoms with Crippen LogP contribution in [-0.4, -0.2) is 22.5 Å². The highest BCUT2D eigenvalue weighted by Crippen LogP contribution is 2.48. The van der Waals surface area contributed by atoms with Crippen LogP contribution in [0.5, 0.6) is 0 Å². The summed E-state index contributed by atoms with van der Waals surface area (Å²) in [6.45, 7) is 7.40. The van der Waals surface area contributed by atoms with Gasteiger partial charge in [-0.1, -0.05) is 56.8 Å². The molecule has 0 unspecified atom stereocenters. The van der Waals surface area contributed by atoms with E-state index in [1.807, 2.05) is 17.8 Å². The third kappa shape index (κ3) is 4.65. The van der Waals surface area contributed by atoms with Crippen molar-refractivity contribution in [1.29, 1.82) is 0 Å². The van der Waals surface area contributed by atoms with E-state index in [4.69, 9.17) is 0 Å². The Hall–Kier alpha value is -1.26. The fourth-order valence-corrected chi connectivity index (χ4v) is 5.47. The van der Waals surface area contributed by atoms with Gasteiger partial charge in [-0.25, -0.2) is 0 Å². The van der Waals surface area contributed by atoms with Gasteiger partial charge in [0.2, 0.25) is 0 Å². The summed E-state index contributed by atoms with van der Waals surface area (Å²) in [7, 11) is -3.98. The van der Waals surface area contributed by atoms with Gasteiger partial charge in [0.15, 0.2) is 0 Å². The van der Waals surface area contributed by atoms with Gasteiger partial charge in [0.1, 0.15) is 0 Å². The van der Waals surface area contributed by atoms with Gasteiger partial charge in [-0.3, -0.25) is 4.57 Å². The Balaban J connectivity index is 1.97. The first-order valence-corrected chi connectivity index (χ1v) is 12.6. The topological polar surface area (TPSA) is 60.8 Å². The molecule has 2 aliphatic rings. The summed E-state index contributed by atoms with van der Waals surface area (Å²) in [5.41, 5.74) is 3.82. The van der Waals surface area contributed by atoms with Crippen molar-refractivity contribution in [2.45, 2.75) is 56.8 Å². The summed E-state index contributed by atoms with van der Waals surface area (Å²) in [4.78, 5) is 23.3. The Morgan fingerprint density at radius 3 is 2.64 bits per heavy atom. The van der Waals surface area contributed by atoms with Crippen molar-refractivity contribution in [2.75, 3.05) is 17.6 Å². The highest BCUT2D eigenvalue weighted by molar-refractivity contribution is 8.03. The van der Waals surface area contributed by atoms with Crippen molar-refractivity contribution in [1.82, 2.24) is 0 Å². The third-order valence-electron chi connectivity index (χ3n) is 5.95. The van der Waals surface area contributed by atoms with E-state index in [-0.39, 0.29) is 11.6 Å². The van der Waals surface area contributed by atoms with Gasteiger partial charge in [0, 0.05) is 16.3 Å². The summed E-state index contributed by atoms with van der Waals surface area (Å²) < 4.78 is 11.3. The molecule has 0 saturated heterocycles. The van der Waals surface area contributed by atoms with Gasteiger partial charge < -0.3 is 14.7 Å². The van der Waals surface area contributed by atoms with Gasteiger partial charge in [0.05, 0.1) is 17.5 Å². The molecule has 0 radical (unpaired) electrons. The molecule has 0 atom stereocenters. The number of nitrogens with zero attached hydrogens (tertiary/aromatic N) is 1. The Labute approximate surface area is 172 Å². The van der Waals surface area contributed by atoms with Gasteiger partial charge in [0.25, 0.3) is 0 Å². The number of fused-ring (bicyclic) bond motifs is 1. The largest absolute Gasteiger partial charge is 0.340 e. The molecule has 1 heterocycles. The summed E-state index contributed by atoms with van der Waals surface area (Å²) in [5, 5.41) is 0. The molecule has 4 nitrogen and oxygen atoms in total. The molecule has 1 aromatic carbocycles. The summed E-state index contributed by atoms with van der Waals surface area (Å²) >= 11 is 1.83. The highest BCUT2D eigenvalue weighted by atomic mass is 32.2. The molecule has 1 aliphatic heterocycles. The van der Waals surface area contributed by atoms with Crippen molar-refractivity contribution < 1.29 is 14.4 Å². The second-order valence-electron chi connectivity index (χ2n) is 7.75. The Morgan fingerprint density at radius 1 is 1.21 bits per heavy atom. The fraction of sp³-hybridized carbons (Fsp3) is 0.455. The van der Waals surface area contributed by atoms with Crippen LogP contribution in [0.2, 0.25) is 0 Å². The monoisotopic (exact) mass is 419 g/mol. The number of hydrogen-bond acceptors (Lipinski definition) is 3. The summed E-state index contributed by atoms with van der Waals surface area (Å²) in [5.74, 6) is 0. The smallest absolute Gasteiger partial charge is 0.325 e. The highest BCUT2D eigenvalue weighted by Gasteiger charge is 2.28. The van der Waals surface area contributed by atoms with Crippen LogP contribution in [0.1, 0.15) is 52.0 Å². The van der Waals surface area contributed by atoms with Gasteiger partial charge in [-0.05, 0) is 54.9 Å². The first kappa shape index (κ1) is 21.4. The number of hydrogen-bond donors (Lipinski definition) is 2. The van der Waals surface area contributed by atoms with E-state index in [2.05, 4.69) is 62.1 Å². The molecule has 0 amide bonds. The van der Waals surface area contributed by atoms with E-state index in [0.717, 1.165) is 30.6 Å². The van der Waals surface area contributed by atoms with E-state index in [0.29, 0.717) is 13.0 Å². The molecule has 28 heavy (non-hydrogen) atoms. The minimum atomic E-state index is -3.98. The summed E-state index contributed by atoms with van der Waals surface area (Å²) in [6, 6.07) is 6.74. The van der Waals surface area contributed by atoms with Crippen LogP contribution in [0.3, 0.4) is 0 Å². The lowest BCUT2D eigenvalue weighted by Crippen LogP contribution is -2.28. The van der Waals surface area contributed by atoms with Gasteiger partial charge in [-0.2, -0.15) is 0 Å². The van der Waals surface area contributed by atoms with Crippen molar-refractivity contribution in [3.05, 3.63) is 58.7 Å². The predicted octanol–water partition coefficient (Wildman–Crippen LogP) is 5.97. The van der Waals surface area contributed by atoms with Crippen molar-refractivity contribution >= 4 is 25.0 Å². The first-order chi connectivity index (χ1) is 13.3. The number of allylic oxidation sites excluding steroid dienone is 5. The van der Waals surface area contributed by atoms with E-state index in [1.165, 1.54) is 15.4 Å². The van der Waals surface area contributed by atoms with Crippen LogP contribution in [0.25, 0.3) is 0 Å². The maximum absolute atomic E-state index is 11.3. The molecule has 1 aromatic rings. The SMILES string of the molecule is CCC(C)(CC)c1ccc2c(c1)SC1=C(C=CC=CC1)N2CCCP(=O)(O)O. The zero-order chi connectivity index (χ0) is 20.4. The minimum Gasteiger partial charge on any atom is -0.340 e. The van der Waals surface area contributed by atoms with Gasteiger partial charge >= 0.3 is 7.60 Å². The van der Waals surface area contributed by atoms with Crippen LogP contribution in [0.4, 0.5) is 5.69 Å². The Kier molecular flexibility index (Phi) is 6.61. The third-order valence-corrected chi connectivity index (χ3v) is 8.02. The standard InChI is InChI=1S/C22H30NO3PS/c1-4-22(3,5-2)17-12-13-19-21(16-17)28-20-11-8-6-7-10-18(20)23(19)14-9-15-27(24,25)26/h6-8,10,12-13,16H,4-5,9,11,14-15H2,1-3H3,(H2,24,25,26). The van der Waals surface area contributed by atoms with Gasteiger partial charge in [-0.15, -0.1) is 0 Å². The normalized spacial score (nSPS) is 16.8. The fourth-order valence-electron chi connectivity index (χ4n) is 3.72. The van der Waals surface area contributed by atoms with E-state index in [9.17, 15) is 14.4 Å². The van der Waals surface area contributed by atoms with Crippen LogP contribution in [0.15, 0.2) is 58.0 Å². The molecule has 0 saturated carbocycles. The Morgan fingerprint density at radius 2 is 1.96 bits per heavy atom. The lowest BCUT2D eigenvalue weighted by atomic mass is 9.78. The quantitative estimate of drug-likeness (QED) is 0.533. The predicted molar refractivity (Wildman–Crippen MR) is 119 cm³/mol. The molecule has 0 bridgehead atoms. The average Bonchev–Trinajstić information content (AvgIpc) is 2.90. The van der Waals surface area contributed by atoms with E-state index in [1.54, 1.807) is 0 Å². The van der Waals surface area contributed by atoms with Crippen molar-refractivity contribution in [3.8, 4) is 0 Å². The van der Waals surface area contributed by atoms with Crippen molar-refractivity contribution in [3.63, 3.8) is 0 Å². The molecular formula is C22H30NO3PS. The molecule has 0 spiro atoms. The van der Waals surface area contributed by atoms with Crippen molar-refractivity contribution in [2.24, 2.45) is 0 Å². The molecule has 6 heteroatoms. The average molecular weight is 420 g/mol. The zero-order valence-electron chi connectivity index (χ0n) is 16.9. The molecule has 0 aromatic heterocycles. The number of thioether (sulfide) groups is 1. The second-order valence-corrected chi connectivity index (χ2v) is 10.7. The molecule has 0 fully saturated rings. The Bertz CT molecular complexity index is 865. The second kappa shape index (κ2) is 8.62. The van der Waals surface area contributed by atoms with Crippen LogP contribution >= 0.6 is 19.4 Å². The lowest BCUT2D eigenvalue weighted by molar-refractivity contribution is 0.372. The molecule has 2 N–H and O–H groups in total. The maximum Gasteiger partial charge on any atom is 0.325 e. The lowest BCUT2D eigenvalue weighted by Gasteiger charge is -2.35. The first-order valence-electron chi connectivity index (χ1n) is 9.98. The maximum atomic E-state index is 11.3. The van der Waals surface area contributed by atoms with E-state index < -0.39 is 7.60 Å². The van der Waals surface area contributed by atoms with E-state index >= 15 is 0 Å². The number of benzene rings is 1.